The van der Waals surface area contributed by atoms with E-state index in [2.05, 4.69) is 215 Å². The summed E-state index contributed by atoms with van der Waals surface area (Å²) in [6, 6.07) is 25.1. The summed E-state index contributed by atoms with van der Waals surface area (Å²) < 4.78 is 0. The molecule has 0 amide bonds. The Kier molecular flexibility index (Phi) is 10.1. The zero-order chi connectivity index (χ0) is 42.2. The quantitative estimate of drug-likeness (QED) is 0.136. The fraction of sp³-hybridized carbons (Fsp3) is 0.358. The standard InChI is InChI=1S/C53H62N4Si/c1-50(2,3)35-26-33(27-36(30-35)51(4,5)6)48-44-18-16-39(54-44)32-40-17-19-45(55-40)49(34-28-37(52(7,8)9)31-38(29-34)53(10,11)12)47-23-21-43(57-47)41(24-25-58(13,14)15)42-20-22-46(48)56-42/h16-23,26-32,54-55H,1-15H3. The lowest BCUT2D eigenvalue weighted by atomic mass is 9.78. The van der Waals surface area contributed by atoms with Crippen LogP contribution in [0, 0.1) is 11.5 Å². The molecule has 2 N–H and O–H groups in total. The van der Waals surface area contributed by atoms with E-state index in [1.807, 2.05) is 0 Å². The van der Waals surface area contributed by atoms with E-state index in [1.54, 1.807) is 0 Å². The van der Waals surface area contributed by atoms with E-state index in [9.17, 15) is 0 Å². The fourth-order valence-corrected chi connectivity index (χ4v) is 7.90. The number of nitrogens with zero attached hydrogens (tertiary/aromatic N) is 2. The van der Waals surface area contributed by atoms with Crippen LogP contribution >= 0.6 is 0 Å². The molecule has 298 valence electrons. The van der Waals surface area contributed by atoms with Crippen molar-refractivity contribution in [3.05, 3.63) is 117 Å². The highest BCUT2D eigenvalue weighted by atomic mass is 28.3. The van der Waals surface area contributed by atoms with Crippen molar-refractivity contribution < 1.29 is 0 Å². The predicted molar refractivity (Wildman–Crippen MR) is 255 cm³/mol. The number of aromatic amines is 2. The van der Waals surface area contributed by atoms with E-state index in [-0.39, 0.29) is 21.7 Å². The van der Waals surface area contributed by atoms with Gasteiger partial charge in [-0.3, -0.25) is 0 Å². The maximum Gasteiger partial charge on any atom is 0.129 e. The van der Waals surface area contributed by atoms with Crippen LogP contribution in [0.15, 0.2) is 66.7 Å². The molecule has 8 bridgehead atoms. The van der Waals surface area contributed by atoms with Crippen LogP contribution in [0.25, 0.3) is 68.6 Å². The summed E-state index contributed by atoms with van der Waals surface area (Å²) in [6.45, 7) is 34.4. The molecule has 0 aliphatic carbocycles. The Balaban J connectivity index is 1.64. The summed E-state index contributed by atoms with van der Waals surface area (Å²) >= 11 is 0. The van der Waals surface area contributed by atoms with E-state index in [0.29, 0.717) is 0 Å². The number of nitrogens with one attached hydrogen (secondary N) is 2. The fourth-order valence-electron chi connectivity index (χ4n) is 7.40. The second-order valence-corrected chi connectivity index (χ2v) is 26.2. The van der Waals surface area contributed by atoms with Gasteiger partial charge in [0, 0.05) is 33.2 Å². The van der Waals surface area contributed by atoms with Crippen molar-refractivity contribution in [3.63, 3.8) is 0 Å². The van der Waals surface area contributed by atoms with Crippen molar-refractivity contribution in [1.29, 1.82) is 0 Å². The summed E-state index contributed by atoms with van der Waals surface area (Å²) in [5.74, 6) is 3.64. The van der Waals surface area contributed by atoms with Crippen LogP contribution in [0.3, 0.4) is 0 Å². The molecule has 2 aromatic carbocycles. The minimum atomic E-state index is -1.77. The first-order chi connectivity index (χ1) is 26.8. The molecule has 0 unspecified atom stereocenters. The Morgan fingerprint density at radius 2 is 0.793 bits per heavy atom. The SMILES string of the molecule is CC(C)(C)c1cc(-c2c3nc(c(C#C[Si](C)(C)C)c4nc(c(-c5cc(C(C)(C)C)cc(C(C)(C)C)c5)c5ccc(cc6ccc2[nH]6)[nH]5)C=C4)C=C3)cc(C(C)(C)C)c1. The maximum atomic E-state index is 5.45. The lowest BCUT2D eigenvalue weighted by Crippen LogP contribution is -2.16. The average Bonchev–Trinajstić information content (AvgIpc) is 3.93. The van der Waals surface area contributed by atoms with Crippen LogP contribution in [0.4, 0.5) is 0 Å². The molecule has 7 rings (SSSR count). The number of H-pyrrole nitrogens is 2. The molecule has 4 nitrogen and oxygen atoms in total. The molecule has 3 aromatic heterocycles. The number of fused-ring (bicyclic) bond motifs is 8. The van der Waals surface area contributed by atoms with Gasteiger partial charge in [0.25, 0.3) is 0 Å². The van der Waals surface area contributed by atoms with Crippen molar-refractivity contribution in [3.8, 4) is 33.7 Å². The minimum Gasteiger partial charge on any atom is -0.355 e. The van der Waals surface area contributed by atoms with E-state index in [1.165, 1.54) is 22.3 Å². The molecule has 0 saturated carbocycles. The number of hydrogen-bond acceptors (Lipinski definition) is 2. The highest BCUT2D eigenvalue weighted by molar-refractivity contribution is 6.83. The first kappa shape index (κ1) is 41.0. The van der Waals surface area contributed by atoms with E-state index in [4.69, 9.17) is 9.97 Å². The molecule has 0 atom stereocenters. The average molecular weight is 783 g/mol. The van der Waals surface area contributed by atoms with Crippen molar-refractivity contribution in [2.24, 2.45) is 0 Å². The van der Waals surface area contributed by atoms with E-state index >= 15 is 0 Å². The van der Waals surface area contributed by atoms with Gasteiger partial charge in [0.2, 0.25) is 0 Å². The van der Waals surface area contributed by atoms with Crippen LogP contribution in [0.5, 0.6) is 0 Å². The van der Waals surface area contributed by atoms with E-state index in [0.717, 1.165) is 72.7 Å². The van der Waals surface area contributed by atoms with Crippen LogP contribution in [0.2, 0.25) is 19.6 Å². The molecule has 2 aliphatic heterocycles. The molecule has 5 aromatic rings. The van der Waals surface area contributed by atoms with Crippen LogP contribution in [-0.2, 0) is 21.7 Å². The van der Waals surface area contributed by atoms with Crippen molar-refractivity contribution in [1.82, 2.24) is 19.9 Å². The van der Waals surface area contributed by atoms with Gasteiger partial charge in [-0.1, -0.05) is 145 Å². The number of hydrogen-bond donors (Lipinski definition) is 2. The smallest absolute Gasteiger partial charge is 0.129 e. The lowest BCUT2D eigenvalue weighted by molar-refractivity contribution is 0.568. The molecule has 0 fully saturated rings. The first-order valence-corrected chi connectivity index (χ1v) is 24.3. The minimum absolute atomic E-state index is 0.0354. The molecule has 0 spiro atoms. The normalized spacial score (nSPS) is 13.5. The molecule has 5 heteroatoms. The Morgan fingerprint density at radius 1 is 0.448 bits per heavy atom. The molecule has 58 heavy (non-hydrogen) atoms. The highest BCUT2D eigenvalue weighted by Gasteiger charge is 2.25. The summed E-state index contributed by atoms with van der Waals surface area (Å²) in [6.07, 6.45) is 8.59. The Morgan fingerprint density at radius 3 is 1.12 bits per heavy atom. The van der Waals surface area contributed by atoms with Gasteiger partial charge < -0.3 is 9.97 Å². The molecule has 5 heterocycles. The summed E-state index contributed by atoms with van der Waals surface area (Å²) in [4.78, 5) is 18.5. The highest BCUT2D eigenvalue weighted by Crippen LogP contribution is 2.40. The van der Waals surface area contributed by atoms with Gasteiger partial charge in [0.1, 0.15) is 8.07 Å². The number of rotatable bonds is 2. The third-order valence-electron chi connectivity index (χ3n) is 11.0. The van der Waals surface area contributed by atoms with Crippen molar-refractivity contribution >= 4 is 54.4 Å². The monoisotopic (exact) mass is 782 g/mol. The second-order valence-electron chi connectivity index (χ2n) is 21.5. The second kappa shape index (κ2) is 14.3. The van der Waals surface area contributed by atoms with Crippen LogP contribution in [-0.4, -0.2) is 28.0 Å². The van der Waals surface area contributed by atoms with E-state index < -0.39 is 8.07 Å². The predicted octanol–water partition coefficient (Wildman–Crippen LogP) is 14.4. The van der Waals surface area contributed by atoms with Crippen molar-refractivity contribution in [2.45, 2.75) is 124 Å². The lowest BCUT2D eigenvalue weighted by Gasteiger charge is -2.26. The zero-order valence-electron chi connectivity index (χ0n) is 37.6. The van der Waals surface area contributed by atoms with Crippen LogP contribution in [0.1, 0.15) is 134 Å². The Hall–Kier alpha value is -5.18. The topological polar surface area (TPSA) is 57.4 Å². The largest absolute Gasteiger partial charge is 0.355 e. The summed E-state index contributed by atoms with van der Waals surface area (Å²) in [5, 5.41) is 0. The molecular formula is C53H62N4Si. The van der Waals surface area contributed by atoms with Gasteiger partial charge in [-0.05, 0) is 110 Å². The Labute approximate surface area is 348 Å². The van der Waals surface area contributed by atoms with Gasteiger partial charge in [-0.25, -0.2) is 9.97 Å². The van der Waals surface area contributed by atoms with Gasteiger partial charge in [-0.2, -0.15) is 0 Å². The Bertz CT molecular complexity index is 2500. The third kappa shape index (κ3) is 8.64. The number of aromatic nitrogens is 4. The maximum absolute atomic E-state index is 5.45. The molecular weight excluding hydrogens is 721 g/mol. The van der Waals surface area contributed by atoms with Gasteiger partial charge in [0.05, 0.1) is 28.3 Å². The summed E-state index contributed by atoms with van der Waals surface area (Å²) in [5.41, 5.74) is 21.6. The van der Waals surface area contributed by atoms with Gasteiger partial charge in [0.15, 0.2) is 0 Å². The summed E-state index contributed by atoms with van der Waals surface area (Å²) in [7, 11) is -1.77. The molecule has 2 aliphatic rings. The molecule has 0 saturated heterocycles. The third-order valence-corrected chi connectivity index (χ3v) is 11.9. The van der Waals surface area contributed by atoms with Gasteiger partial charge >= 0.3 is 0 Å². The zero-order valence-corrected chi connectivity index (χ0v) is 38.6. The van der Waals surface area contributed by atoms with Crippen LogP contribution < -0.4 is 0 Å². The van der Waals surface area contributed by atoms with Crippen molar-refractivity contribution in [2.75, 3.05) is 0 Å². The molecule has 0 radical (unpaired) electrons. The van der Waals surface area contributed by atoms with Gasteiger partial charge in [-0.15, -0.1) is 5.54 Å². The first-order valence-electron chi connectivity index (χ1n) is 20.8. The number of benzene rings is 2.